The summed E-state index contributed by atoms with van der Waals surface area (Å²) in [5, 5.41) is 10.5. The fourth-order valence-electron chi connectivity index (χ4n) is 6.43. The van der Waals surface area contributed by atoms with E-state index in [-0.39, 0.29) is 11.5 Å². The first-order valence-corrected chi connectivity index (χ1v) is 9.16. The van der Waals surface area contributed by atoms with Gasteiger partial charge in [-0.1, -0.05) is 25.0 Å². The number of aliphatic hydroxyl groups is 1. The molecule has 0 aromatic carbocycles. The molecule has 0 bridgehead atoms. The molecule has 122 valence electrons. The largest absolute Gasteiger partial charge is 0.501 e. The van der Waals surface area contributed by atoms with Crippen LogP contribution < -0.4 is 0 Å². The van der Waals surface area contributed by atoms with Crippen molar-refractivity contribution in [3.8, 4) is 0 Å². The highest BCUT2D eigenvalue weighted by Crippen LogP contribution is 2.62. The summed E-state index contributed by atoms with van der Waals surface area (Å²) in [7, 11) is 1.80. The topological polar surface area (TPSA) is 29.5 Å². The van der Waals surface area contributed by atoms with Crippen LogP contribution in [0.4, 0.5) is 0 Å². The second kappa shape index (κ2) is 5.12. The Balaban J connectivity index is 1.66. The summed E-state index contributed by atoms with van der Waals surface area (Å²) in [6, 6.07) is 0. The minimum Gasteiger partial charge on any atom is -0.501 e. The fraction of sp³-hybridized carbons (Fsp3) is 0.800. The van der Waals surface area contributed by atoms with E-state index < -0.39 is 0 Å². The summed E-state index contributed by atoms with van der Waals surface area (Å²) in [4.78, 5) is 0. The maximum atomic E-state index is 10.5. The van der Waals surface area contributed by atoms with Crippen LogP contribution in [0.2, 0.25) is 0 Å². The van der Waals surface area contributed by atoms with Crippen LogP contribution in [0.15, 0.2) is 23.0 Å². The van der Waals surface area contributed by atoms with E-state index in [2.05, 4.69) is 19.9 Å². The van der Waals surface area contributed by atoms with Gasteiger partial charge in [0.15, 0.2) is 0 Å². The molecule has 0 heterocycles. The lowest BCUT2D eigenvalue weighted by molar-refractivity contribution is -0.0454. The summed E-state index contributed by atoms with van der Waals surface area (Å²) >= 11 is 0. The van der Waals surface area contributed by atoms with Crippen molar-refractivity contribution in [3.63, 3.8) is 0 Å². The number of allylic oxidation sites excluding steroid dienone is 3. The van der Waals surface area contributed by atoms with Crippen LogP contribution in [-0.4, -0.2) is 18.3 Å². The van der Waals surface area contributed by atoms with Gasteiger partial charge < -0.3 is 9.84 Å². The van der Waals surface area contributed by atoms with Gasteiger partial charge in [-0.2, -0.15) is 0 Å². The average Bonchev–Trinajstić information content (AvgIpc) is 2.82. The normalized spacial score (nSPS) is 47.5. The van der Waals surface area contributed by atoms with Gasteiger partial charge in [0, 0.05) is 6.42 Å². The highest BCUT2D eigenvalue weighted by Gasteiger charge is 2.56. The molecule has 0 amide bonds. The third-order valence-electron chi connectivity index (χ3n) is 7.61. The van der Waals surface area contributed by atoms with Crippen molar-refractivity contribution < 1.29 is 9.84 Å². The predicted molar refractivity (Wildman–Crippen MR) is 88.2 cm³/mol. The van der Waals surface area contributed by atoms with E-state index in [0.29, 0.717) is 0 Å². The van der Waals surface area contributed by atoms with Crippen molar-refractivity contribution in [3.05, 3.63) is 23.0 Å². The Kier molecular flexibility index (Phi) is 3.45. The molecule has 0 saturated heterocycles. The first kappa shape index (κ1) is 14.8. The molecule has 0 spiro atoms. The Morgan fingerprint density at radius 2 is 2.09 bits per heavy atom. The van der Waals surface area contributed by atoms with E-state index >= 15 is 0 Å². The number of methoxy groups -OCH3 is 1. The predicted octanol–water partition coefficient (Wildman–Crippen LogP) is 4.45. The van der Waals surface area contributed by atoms with Gasteiger partial charge in [0.2, 0.25) is 0 Å². The Bertz CT molecular complexity index is 532. The number of hydrogen-bond donors (Lipinski definition) is 1. The maximum absolute atomic E-state index is 10.5. The zero-order valence-electron chi connectivity index (χ0n) is 14.3. The molecule has 2 heteroatoms. The lowest BCUT2D eigenvalue weighted by Gasteiger charge is -2.53. The van der Waals surface area contributed by atoms with E-state index in [9.17, 15) is 5.11 Å². The summed E-state index contributed by atoms with van der Waals surface area (Å²) < 4.78 is 5.50. The third-order valence-corrected chi connectivity index (χ3v) is 7.61. The molecule has 0 aromatic heterocycles. The van der Waals surface area contributed by atoms with Crippen LogP contribution in [0.1, 0.15) is 58.8 Å². The van der Waals surface area contributed by atoms with Crippen LogP contribution in [0.3, 0.4) is 0 Å². The second-order valence-corrected chi connectivity index (χ2v) is 8.49. The highest BCUT2D eigenvalue weighted by atomic mass is 16.5. The molecule has 2 nitrogen and oxygen atoms in total. The maximum Gasteiger partial charge on any atom is 0.0959 e. The van der Waals surface area contributed by atoms with E-state index in [0.717, 1.165) is 42.9 Å². The Hall–Kier alpha value is -0.760. The van der Waals surface area contributed by atoms with Gasteiger partial charge in [0.05, 0.1) is 19.0 Å². The van der Waals surface area contributed by atoms with Gasteiger partial charge in [0.25, 0.3) is 0 Å². The molecule has 0 unspecified atom stereocenters. The smallest absolute Gasteiger partial charge is 0.0959 e. The van der Waals surface area contributed by atoms with E-state index in [1.54, 1.807) is 18.3 Å². The van der Waals surface area contributed by atoms with Gasteiger partial charge in [-0.05, 0) is 73.7 Å². The number of fused-ring (bicyclic) bond motifs is 4. The van der Waals surface area contributed by atoms with E-state index in [4.69, 9.17) is 4.74 Å². The van der Waals surface area contributed by atoms with Crippen molar-refractivity contribution in [2.24, 2.45) is 29.1 Å². The Labute approximate surface area is 134 Å². The molecule has 2 saturated carbocycles. The molecule has 6 atom stereocenters. The van der Waals surface area contributed by atoms with E-state index in [1.165, 1.54) is 31.4 Å². The van der Waals surface area contributed by atoms with Crippen LogP contribution in [-0.2, 0) is 4.74 Å². The van der Waals surface area contributed by atoms with Gasteiger partial charge in [-0.25, -0.2) is 0 Å². The van der Waals surface area contributed by atoms with Gasteiger partial charge >= 0.3 is 0 Å². The quantitative estimate of drug-likeness (QED) is 0.725. The number of hydrogen-bond acceptors (Lipinski definition) is 2. The van der Waals surface area contributed by atoms with Crippen molar-refractivity contribution >= 4 is 0 Å². The second-order valence-electron chi connectivity index (χ2n) is 8.49. The fourth-order valence-corrected chi connectivity index (χ4v) is 6.43. The molecule has 2 fully saturated rings. The molecule has 22 heavy (non-hydrogen) atoms. The first-order chi connectivity index (χ1) is 10.5. The summed E-state index contributed by atoms with van der Waals surface area (Å²) in [5.74, 6) is 4.23. The van der Waals surface area contributed by atoms with Crippen LogP contribution in [0.5, 0.6) is 0 Å². The Morgan fingerprint density at radius 1 is 1.27 bits per heavy atom. The van der Waals surface area contributed by atoms with Gasteiger partial charge in [0.1, 0.15) is 0 Å². The van der Waals surface area contributed by atoms with Gasteiger partial charge in [-0.3, -0.25) is 0 Å². The number of rotatable bonds is 1. The third kappa shape index (κ3) is 1.95. The Morgan fingerprint density at radius 3 is 2.86 bits per heavy atom. The van der Waals surface area contributed by atoms with Crippen LogP contribution in [0, 0.1) is 29.1 Å². The molecule has 0 radical (unpaired) electrons. The lowest BCUT2D eigenvalue weighted by Crippen LogP contribution is -2.47. The average molecular weight is 302 g/mol. The molecule has 0 aliphatic heterocycles. The molecular formula is C20H30O2. The zero-order valence-corrected chi connectivity index (χ0v) is 14.3. The molecule has 4 rings (SSSR count). The molecular weight excluding hydrogens is 272 g/mol. The SMILES string of the molecule is COC1=CCC2=C(C1)C[C@@H](C)[C@@H]1[C@H]2CC[C@]2(C)[C@@H](O)CC[C@@H]12. The summed E-state index contributed by atoms with van der Waals surface area (Å²) in [6.45, 7) is 4.83. The summed E-state index contributed by atoms with van der Waals surface area (Å²) in [6.07, 6.45) is 10.4. The van der Waals surface area contributed by atoms with Gasteiger partial charge in [-0.15, -0.1) is 0 Å². The minimum absolute atomic E-state index is 0.0626. The molecule has 1 N–H and O–H groups in total. The lowest BCUT2D eigenvalue weighted by atomic mass is 9.52. The van der Waals surface area contributed by atoms with Crippen LogP contribution in [0.25, 0.3) is 0 Å². The summed E-state index contributed by atoms with van der Waals surface area (Å²) in [5.41, 5.74) is 3.61. The minimum atomic E-state index is -0.0626. The highest BCUT2D eigenvalue weighted by molar-refractivity contribution is 5.33. The van der Waals surface area contributed by atoms with Crippen molar-refractivity contribution in [1.82, 2.24) is 0 Å². The number of aliphatic hydroxyl groups excluding tert-OH is 1. The van der Waals surface area contributed by atoms with Crippen molar-refractivity contribution in [2.75, 3.05) is 7.11 Å². The van der Waals surface area contributed by atoms with Crippen LogP contribution >= 0.6 is 0 Å². The molecule has 0 aromatic rings. The molecule has 4 aliphatic rings. The zero-order chi connectivity index (χ0) is 15.5. The van der Waals surface area contributed by atoms with E-state index in [1.807, 2.05) is 0 Å². The standard InChI is InChI=1S/C20H30O2/c1-12-10-13-11-14(22-3)4-5-15(13)16-8-9-20(2)17(19(12)16)6-7-18(20)21/h4,12,16-19,21H,5-11H2,1-3H3/t12-,16+,17+,18+,19-,20+/m1/s1. The number of ether oxygens (including phenoxy) is 1. The first-order valence-electron chi connectivity index (χ1n) is 9.16. The molecule has 4 aliphatic carbocycles. The van der Waals surface area contributed by atoms with Crippen molar-refractivity contribution in [1.29, 1.82) is 0 Å². The van der Waals surface area contributed by atoms with Crippen molar-refractivity contribution in [2.45, 2.75) is 64.9 Å². The monoisotopic (exact) mass is 302 g/mol.